The highest BCUT2D eigenvalue weighted by Gasteiger charge is 2.00. The summed E-state index contributed by atoms with van der Waals surface area (Å²) in [4.78, 5) is 3.96. The molecule has 4 heteroatoms. The third-order valence-electron chi connectivity index (χ3n) is 2.27. The van der Waals surface area contributed by atoms with Gasteiger partial charge in [-0.25, -0.2) is 0 Å². The number of rotatable bonds is 4. The number of nitrogens with zero attached hydrogens (tertiary/aromatic N) is 1. The van der Waals surface area contributed by atoms with Gasteiger partial charge in [0, 0.05) is 12.3 Å². The van der Waals surface area contributed by atoms with Crippen molar-refractivity contribution in [1.82, 2.24) is 4.98 Å². The number of aliphatic hydroxyl groups excluding tert-OH is 2. The van der Waals surface area contributed by atoms with E-state index in [4.69, 9.17) is 14.9 Å². The van der Waals surface area contributed by atoms with Crippen molar-refractivity contribution in [1.29, 1.82) is 0 Å². The van der Waals surface area contributed by atoms with Crippen molar-refractivity contribution in [2.24, 2.45) is 0 Å². The van der Waals surface area contributed by atoms with Gasteiger partial charge >= 0.3 is 0 Å². The SMILES string of the molecule is OCc1cccc(Oc2ccnc(CO)c2)c1. The Morgan fingerprint density at radius 2 is 1.82 bits per heavy atom. The number of benzene rings is 1. The van der Waals surface area contributed by atoms with Crippen LogP contribution in [0.4, 0.5) is 0 Å². The lowest BCUT2D eigenvalue weighted by molar-refractivity contribution is 0.276. The van der Waals surface area contributed by atoms with E-state index in [1.165, 1.54) is 0 Å². The molecule has 0 atom stereocenters. The fourth-order valence-corrected chi connectivity index (χ4v) is 1.45. The summed E-state index contributed by atoms with van der Waals surface area (Å²) in [5, 5.41) is 18.0. The smallest absolute Gasteiger partial charge is 0.130 e. The van der Waals surface area contributed by atoms with Crippen molar-refractivity contribution in [3.8, 4) is 11.5 Å². The maximum Gasteiger partial charge on any atom is 0.130 e. The highest BCUT2D eigenvalue weighted by molar-refractivity contribution is 5.33. The lowest BCUT2D eigenvalue weighted by Crippen LogP contribution is -1.91. The van der Waals surface area contributed by atoms with E-state index in [-0.39, 0.29) is 13.2 Å². The maximum absolute atomic E-state index is 9.01. The highest BCUT2D eigenvalue weighted by atomic mass is 16.5. The highest BCUT2D eigenvalue weighted by Crippen LogP contribution is 2.22. The van der Waals surface area contributed by atoms with Crippen molar-refractivity contribution in [3.05, 3.63) is 53.9 Å². The van der Waals surface area contributed by atoms with E-state index in [0.29, 0.717) is 17.2 Å². The predicted molar refractivity (Wildman–Crippen MR) is 62.6 cm³/mol. The molecule has 0 aliphatic rings. The van der Waals surface area contributed by atoms with Gasteiger partial charge in [0.15, 0.2) is 0 Å². The number of aliphatic hydroxyl groups is 2. The minimum atomic E-state index is -0.117. The molecule has 0 saturated carbocycles. The Kier molecular flexibility index (Phi) is 3.69. The molecule has 1 aromatic heterocycles. The molecule has 1 aromatic carbocycles. The second kappa shape index (κ2) is 5.43. The summed E-state index contributed by atoms with van der Waals surface area (Å²) in [5.41, 5.74) is 1.35. The zero-order valence-electron chi connectivity index (χ0n) is 9.21. The molecular weight excluding hydrogens is 218 g/mol. The molecule has 0 spiro atoms. The van der Waals surface area contributed by atoms with Crippen LogP contribution in [0.2, 0.25) is 0 Å². The average molecular weight is 231 g/mol. The molecule has 0 amide bonds. The van der Waals surface area contributed by atoms with Crippen LogP contribution in [-0.4, -0.2) is 15.2 Å². The lowest BCUT2D eigenvalue weighted by atomic mass is 10.2. The van der Waals surface area contributed by atoms with Crippen LogP contribution in [0.3, 0.4) is 0 Å². The summed E-state index contributed by atoms with van der Waals surface area (Å²) in [6.07, 6.45) is 1.58. The topological polar surface area (TPSA) is 62.6 Å². The molecule has 17 heavy (non-hydrogen) atoms. The molecule has 2 rings (SSSR count). The zero-order chi connectivity index (χ0) is 12.1. The van der Waals surface area contributed by atoms with Crippen LogP contribution in [0.25, 0.3) is 0 Å². The van der Waals surface area contributed by atoms with Crippen LogP contribution >= 0.6 is 0 Å². The van der Waals surface area contributed by atoms with E-state index in [0.717, 1.165) is 5.56 Å². The van der Waals surface area contributed by atoms with Crippen molar-refractivity contribution in [2.75, 3.05) is 0 Å². The van der Waals surface area contributed by atoms with Gasteiger partial charge in [0.05, 0.1) is 18.9 Å². The Bertz CT molecular complexity index is 454. The van der Waals surface area contributed by atoms with Crippen molar-refractivity contribution >= 4 is 0 Å². The maximum atomic E-state index is 9.01. The zero-order valence-corrected chi connectivity index (χ0v) is 9.21. The molecule has 2 aromatic rings. The second-order valence-electron chi connectivity index (χ2n) is 3.55. The van der Waals surface area contributed by atoms with Crippen molar-refractivity contribution in [3.63, 3.8) is 0 Å². The molecule has 0 bridgehead atoms. The van der Waals surface area contributed by atoms with Gasteiger partial charge in [-0.3, -0.25) is 4.98 Å². The Balaban J connectivity index is 2.18. The van der Waals surface area contributed by atoms with Gasteiger partial charge in [-0.2, -0.15) is 0 Å². The number of aromatic nitrogens is 1. The predicted octanol–water partition coefficient (Wildman–Crippen LogP) is 1.86. The molecule has 88 valence electrons. The Morgan fingerprint density at radius 3 is 2.59 bits per heavy atom. The molecule has 0 aliphatic carbocycles. The van der Waals surface area contributed by atoms with Gasteiger partial charge < -0.3 is 14.9 Å². The summed E-state index contributed by atoms with van der Waals surface area (Å²) in [7, 11) is 0. The molecule has 0 radical (unpaired) electrons. The van der Waals surface area contributed by atoms with E-state index < -0.39 is 0 Å². The number of hydrogen-bond donors (Lipinski definition) is 2. The fourth-order valence-electron chi connectivity index (χ4n) is 1.45. The van der Waals surface area contributed by atoms with Gasteiger partial charge in [-0.05, 0) is 23.8 Å². The van der Waals surface area contributed by atoms with E-state index in [1.54, 1.807) is 30.5 Å². The molecule has 0 aliphatic heterocycles. The largest absolute Gasteiger partial charge is 0.457 e. The second-order valence-corrected chi connectivity index (χ2v) is 3.55. The monoisotopic (exact) mass is 231 g/mol. The number of hydrogen-bond acceptors (Lipinski definition) is 4. The van der Waals surface area contributed by atoms with Crippen molar-refractivity contribution in [2.45, 2.75) is 13.2 Å². The molecule has 4 nitrogen and oxygen atoms in total. The first-order valence-corrected chi connectivity index (χ1v) is 5.25. The van der Waals surface area contributed by atoms with Gasteiger partial charge in [0.25, 0.3) is 0 Å². The summed E-state index contributed by atoms with van der Waals surface area (Å²) in [6, 6.07) is 10.6. The van der Waals surface area contributed by atoms with Crippen LogP contribution < -0.4 is 4.74 Å². The first-order chi connectivity index (χ1) is 8.31. The summed E-state index contributed by atoms with van der Waals surface area (Å²) in [5.74, 6) is 1.26. The molecule has 1 heterocycles. The van der Waals surface area contributed by atoms with Crippen LogP contribution in [0.5, 0.6) is 11.5 Å². The minimum absolute atomic E-state index is 0.0184. The fraction of sp³-hybridized carbons (Fsp3) is 0.154. The number of ether oxygens (including phenoxy) is 1. The van der Waals surface area contributed by atoms with Crippen LogP contribution in [0.15, 0.2) is 42.6 Å². The summed E-state index contributed by atoms with van der Waals surface area (Å²) < 4.78 is 5.60. The quantitative estimate of drug-likeness (QED) is 0.843. The summed E-state index contributed by atoms with van der Waals surface area (Å²) in [6.45, 7) is -0.136. The van der Waals surface area contributed by atoms with E-state index in [9.17, 15) is 0 Å². The standard InChI is InChI=1S/C13H13NO3/c15-8-10-2-1-3-12(6-10)17-13-4-5-14-11(7-13)9-16/h1-7,15-16H,8-9H2. The molecule has 0 fully saturated rings. The molecule has 0 saturated heterocycles. The molecule has 2 N–H and O–H groups in total. The lowest BCUT2D eigenvalue weighted by Gasteiger charge is -2.07. The molecule has 0 unspecified atom stereocenters. The van der Waals surface area contributed by atoms with Gasteiger partial charge in [0.1, 0.15) is 11.5 Å². The van der Waals surface area contributed by atoms with Gasteiger partial charge in [0.2, 0.25) is 0 Å². The van der Waals surface area contributed by atoms with Crippen LogP contribution in [-0.2, 0) is 13.2 Å². The normalized spacial score (nSPS) is 10.2. The van der Waals surface area contributed by atoms with Crippen molar-refractivity contribution < 1.29 is 14.9 Å². The van der Waals surface area contributed by atoms with E-state index in [1.807, 2.05) is 12.1 Å². The third-order valence-corrected chi connectivity index (χ3v) is 2.27. The third kappa shape index (κ3) is 3.03. The first kappa shape index (κ1) is 11.6. The average Bonchev–Trinajstić information content (AvgIpc) is 2.39. The minimum Gasteiger partial charge on any atom is -0.457 e. The van der Waals surface area contributed by atoms with Gasteiger partial charge in [-0.15, -0.1) is 0 Å². The van der Waals surface area contributed by atoms with Crippen LogP contribution in [0, 0.1) is 0 Å². The van der Waals surface area contributed by atoms with E-state index in [2.05, 4.69) is 4.98 Å². The summed E-state index contributed by atoms with van der Waals surface area (Å²) >= 11 is 0. The van der Waals surface area contributed by atoms with E-state index >= 15 is 0 Å². The number of pyridine rings is 1. The Hall–Kier alpha value is -1.91. The Morgan fingerprint density at radius 1 is 1.00 bits per heavy atom. The van der Waals surface area contributed by atoms with Crippen LogP contribution in [0.1, 0.15) is 11.3 Å². The van der Waals surface area contributed by atoms with Gasteiger partial charge in [-0.1, -0.05) is 12.1 Å². The molecular formula is C13H13NO3. The first-order valence-electron chi connectivity index (χ1n) is 5.25. The Labute approximate surface area is 99.1 Å².